The number of anilines is 2. The van der Waals surface area contributed by atoms with E-state index in [9.17, 15) is 24.4 Å². The maximum atomic E-state index is 14.4. The summed E-state index contributed by atoms with van der Waals surface area (Å²) in [5.41, 5.74) is 5.84. The number of likely N-dealkylation sites (tertiary alicyclic amines) is 1. The van der Waals surface area contributed by atoms with E-state index in [1.165, 1.54) is 9.58 Å². The van der Waals surface area contributed by atoms with Crippen LogP contribution in [0.3, 0.4) is 0 Å². The van der Waals surface area contributed by atoms with E-state index in [0.29, 0.717) is 39.7 Å². The number of primary amides is 1. The number of aromatic nitrogens is 4. The number of benzene rings is 2. The number of amides is 3. The standard InChI is InChI=1S/C47H56ClN11O5/c1-46(2)44(47(3,4)45(46)64-34-8-5-30(25-49)36(48)24-34)58-40(60)12-10-38(43(58)63)59-42(62)35-23-33(7-9-37(35)52-53-59)55-17-14-32(15-18-55)56-21-19-54(20-22-56)27-29-13-16-57(28-29)39-11-6-31(26-51-39)41(50)61/h5-9,11,23-24,26,29,32,38,44-45H,10,12-22,27-28H2,1-4H3,(H2,50,61)/t29-,38-,44?,45?/m1/s1. The van der Waals surface area contributed by atoms with Crippen LogP contribution in [0.5, 0.6) is 5.75 Å². The van der Waals surface area contributed by atoms with Gasteiger partial charge in [-0.1, -0.05) is 44.5 Å². The van der Waals surface area contributed by atoms with Crippen molar-refractivity contribution < 1.29 is 19.1 Å². The first-order valence-corrected chi connectivity index (χ1v) is 22.9. The van der Waals surface area contributed by atoms with Gasteiger partial charge in [-0.2, -0.15) is 9.94 Å². The average molecular weight is 890 g/mol. The third kappa shape index (κ3) is 7.96. The molecular weight excluding hydrogens is 834 g/mol. The Morgan fingerprint density at radius 1 is 0.906 bits per heavy atom. The minimum atomic E-state index is -0.982. The normalized spacial score (nSPS) is 25.3. The summed E-state index contributed by atoms with van der Waals surface area (Å²) in [6.07, 6.45) is 4.58. The topological polar surface area (TPSA) is 187 Å². The Bertz CT molecular complexity index is 2540. The number of hydrogen-bond donors (Lipinski definition) is 1. The molecular formula is C47H56ClN11O5. The van der Waals surface area contributed by atoms with Gasteiger partial charge in [0.05, 0.1) is 27.6 Å². The van der Waals surface area contributed by atoms with E-state index in [-0.39, 0.29) is 23.8 Å². The summed E-state index contributed by atoms with van der Waals surface area (Å²) >= 11 is 6.30. The number of pyridine rings is 1. The number of rotatable bonds is 10. The van der Waals surface area contributed by atoms with E-state index in [2.05, 4.69) is 41.0 Å². The van der Waals surface area contributed by atoms with Crippen molar-refractivity contribution in [3.05, 3.63) is 81.2 Å². The summed E-state index contributed by atoms with van der Waals surface area (Å²) in [5.74, 6) is 0.754. The van der Waals surface area contributed by atoms with Gasteiger partial charge in [-0.25, -0.2) is 4.98 Å². The van der Waals surface area contributed by atoms with Crippen LogP contribution < -0.4 is 25.8 Å². The Morgan fingerprint density at radius 3 is 2.31 bits per heavy atom. The van der Waals surface area contributed by atoms with Gasteiger partial charge in [-0.05, 0) is 74.1 Å². The lowest BCUT2D eigenvalue weighted by Gasteiger charge is -2.65. The van der Waals surface area contributed by atoms with E-state index < -0.39 is 46.4 Å². The Kier molecular flexibility index (Phi) is 11.6. The van der Waals surface area contributed by atoms with E-state index in [1.54, 1.807) is 30.5 Å². The van der Waals surface area contributed by atoms with Crippen molar-refractivity contribution >= 4 is 51.7 Å². The zero-order valence-electron chi connectivity index (χ0n) is 37.0. The molecule has 0 spiro atoms. The fourth-order valence-electron chi connectivity index (χ4n) is 11.7. The van der Waals surface area contributed by atoms with Gasteiger partial charge in [0, 0.05) is 100 Å². The Morgan fingerprint density at radius 2 is 1.64 bits per heavy atom. The van der Waals surface area contributed by atoms with Crippen LogP contribution in [0.25, 0.3) is 10.9 Å². The molecule has 1 aliphatic carbocycles. The van der Waals surface area contributed by atoms with Gasteiger partial charge in [0.2, 0.25) is 11.8 Å². The molecule has 2 atom stereocenters. The monoisotopic (exact) mass is 889 g/mol. The molecule has 4 saturated heterocycles. The third-order valence-electron chi connectivity index (χ3n) is 14.6. The smallest absolute Gasteiger partial charge is 0.278 e. The van der Waals surface area contributed by atoms with Crippen LogP contribution >= 0.6 is 11.6 Å². The molecule has 4 aromatic rings. The van der Waals surface area contributed by atoms with Crippen molar-refractivity contribution in [3.63, 3.8) is 0 Å². The summed E-state index contributed by atoms with van der Waals surface area (Å²) in [4.78, 5) is 69.4. The van der Waals surface area contributed by atoms with Gasteiger partial charge in [-0.3, -0.25) is 29.0 Å². The quantitative estimate of drug-likeness (QED) is 0.220. The molecule has 0 radical (unpaired) electrons. The molecule has 1 saturated carbocycles. The number of nitrogens with zero attached hydrogens (tertiary/aromatic N) is 10. The van der Waals surface area contributed by atoms with E-state index in [0.717, 1.165) is 89.7 Å². The predicted octanol–water partition coefficient (Wildman–Crippen LogP) is 4.50. The lowest BCUT2D eigenvalue weighted by molar-refractivity contribution is -0.216. The first-order valence-electron chi connectivity index (χ1n) is 22.5. The van der Waals surface area contributed by atoms with Crippen LogP contribution in [0, 0.1) is 28.1 Å². The summed E-state index contributed by atoms with van der Waals surface area (Å²) in [6.45, 7) is 16.8. The van der Waals surface area contributed by atoms with Gasteiger partial charge in [0.25, 0.3) is 11.5 Å². The van der Waals surface area contributed by atoms with Crippen LogP contribution in [-0.2, 0) is 9.59 Å². The maximum absolute atomic E-state index is 14.4. The van der Waals surface area contributed by atoms with Crippen LogP contribution in [0.2, 0.25) is 5.02 Å². The molecule has 0 unspecified atom stereocenters. The molecule has 2 aromatic carbocycles. The lowest BCUT2D eigenvalue weighted by atomic mass is 9.48. The van der Waals surface area contributed by atoms with Crippen LogP contribution in [0.15, 0.2) is 59.5 Å². The SMILES string of the molecule is CC1(C)C(Oc2ccc(C#N)c(Cl)c2)C(C)(C)C1N1C(=O)CC[C@@H](n2nnc3ccc(N4CCC(N5CCN(C[C@H]6CCN(c7ccc(C(N)=O)cn7)C6)CC5)CC4)cc3c2=O)C1=O. The number of imide groups is 1. The summed E-state index contributed by atoms with van der Waals surface area (Å²) in [6, 6.07) is 15.3. The largest absolute Gasteiger partial charge is 0.489 e. The highest BCUT2D eigenvalue weighted by Crippen LogP contribution is 2.59. The van der Waals surface area contributed by atoms with Crippen molar-refractivity contribution in [1.29, 1.82) is 5.26 Å². The maximum Gasteiger partial charge on any atom is 0.278 e. The number of ether oxygens (including phenoxy) is 1. The van der Waals surface area contributed by atoms with Gasteiger partial charge in [-0.15, -0.1) is 5.10 Å². The molecule has 4 aliphatic heterocycles. The Hall–Kier alpha value is -5.63. The van der Waals surface area contributed by atoms with Gasteiger partial charge < -0.3 is 25.2 Å². The molecule has 6 heterocycles. The molecule has 9 rings (SSSR count). The summed E-state index contributed by atoms with van der Waals surface area (Å²) in [5, 5.41) is 18.6. The molecule has 0 bridgehead atoms. The molecule has 2 N–H and O–H groups in total. The van der Waals surface area contributed by atoms with Crippen LogP contribution in [-0.4, -0.2) is 129 Å². The fraction of sp³-hybridized carbons (Fsp3) is 0.532. The Labute approximate surface area is 377 Å². The van der Waals surface area contributed by atoms with Gasteiger partial charge in [0.15, 0.2) is 0 Å². The van der Waals surface area contributed by atoms with Crippen LogP contribution in [0.4, 0.5) is 11.5 Å². The van der Waals surface area contributed by atoms with E-state index in [4.69, 9.17) is 22.1 Å². The second-order valence-electron chi connectivity index (χ2n) is 19.4. The van der Waals surface area contributed by atoms with Crippen LogP contribution in [0.1, 0.15) is 81.8 Å². The second-order valence-corrected chi connectivity index (χ2v) is 19.8. The molecule has 17 heteroatoms. The highest BCUT2D eigenvalue weighted by Gasteiger charge is 2.68. The molecule has 3 amide bonds. The number of carbonyl (C=O) groups is 3. The molecule has 16 nitrogen and oxygen atoms in total. The number of nitriles is 1. The van der Waals surface area contributed by atoms with Crippen molar-refractivity contribution in [2.45, 2.75) is 84.0 Å². The van der Waals surface area contributed by atoms with E-state index >= 15 is 0 Å². The first-order chi connectivity index (χ1) is 30.6. The van der Waals surface area contributed by atoms with Crippen molar-refractivity contribution in [1.82, 2.24) is 34.7 Å². The molecule has 5 fully saturated rings. The number of nitrogens with two attached hydrogens (primary N) is 1. The minimum absolute atomic E-state index is 0.0837. The number of piperidine rings is 2. The predicted molar refractivity (Wildman–Crippen MR) is 242 cm³/mol. The van der Waals surface area contributed by atoms with E-state index in [1.807, 2.05) is 52.0 Å². The summed E-state index contributed by atoms with van der Waals surface area (Å²) < 4.78 is 7.61. The van der Waals surface area contributed by atoms with Gasteiger partial charge in [0.1, 0.15) is 35.3 Å². The lowest BCUT2D eigenvalue weighted by Crippen LogP contribution is -2.77. The third-order valence-corrected chi connectivity index (χ3v) is 14.9. The number of fused-ring (bicyclic) bond motifs is 1. The highest BCUT2D eigenvalue weighted by molar-refractivity contribution is 6.31. The molecule has 336 valence electrons. The summed E-state index contributed by atoms with van der Waals surface area (Å²) in [7, 11) is 0. The number of hydrogen-bond acceptors (Lipinski definition) is 13. The number of piperazine rings is 1. The minimum Gasteiger partial charge on any atom is -0.489 e. The van der Waals surface area contributed by atoms with Crippen molar-refractivity contribution in [3.8, 4) is 11.8 Å². The zero-order chi connectivity index (χ0) is 45.1. The van der Waals surface area contributed by atoms with Gasteiger partial charge >= 0.3 is 0 Å². The number of carbonyl (C=O) groups excluding carboxylic acids is 3. The van der Waals surface area contributed by atoms with Crippen molar-refractivity contribution in [2.75, 3.05) is 68.7 Å². The second kappa shape index (κ2) is 17.1. The fourth-order valence-corrected chi connectivity index (χ4v) is 11.9. The Balaban J connectivity index is 0.808. The highest BCUT2D eigenvalue weighted by atomic mass is 35.5. The number of halogens is 1. The molecule has 5 aliphatic rings. The first kappa shape index (κ1) is 43.6. The van der Waals surface area contributed by atoms with Crippen molar-refractivity contribution in [2.24, 2.45) is 22.5 Å². The average Bonchev–Trinajstić information content (AvgIpc) is 3.76. The molecule has 2 aromatic heterocycles. The molecule has 64 heavy (non-hydrogen) atoms. The zero-order valence-corrected chi connectivity index (χ0v) is 37.7.